The van der Waals surface area contributed by atoms with Gasteiger partial charge in [0.25, 0.3) is 0 Å². The summed E-state index contributed by atoms with van der Waals surface area (Å²) in [6, 6.07) is 7.11. The minimum absolute atomic E-state index is 0.606. The normalized spacial score (nSPS) is 31.5. The second kappa shape index (κ2) is 6.35. The first-order valence-electron chi connectivity index (χ1n) is 9.24. The molecule has 4 rings (SSSR count). The van der Waals surface area contributed by atoms with Crippen LogP contribution in [0.5, 0.6) is 11.5 Å². The molecule has 3 heteroatoms. The van der Waals surface area contributed by atoms with Gasteiger partial charge in [0.1, 0.15) is 11.5 Å². The van der Waals surface area contributed by atoms with E-state index in [2.05, 4.69) is 17.0 Å². The Labute approximate surface area is 140 Å². The average Bonchev–Trinajstić information content (AvgIpc) is 3.24. The van der Waals surface area contributed by atoms with Crippen LogP contribution in [0.4, 0.5) is 0 Å². The van der Waals surface area contributed by atoms with Crippen LogP contribution in [0.15, 0.2) is 18.2 Å². The Morgan fingerprint density at radius 2 is 1.78 bits per heavy atom. The molecule has 1 saturated heterocycles. The number of nitrogens with zero attached hydrogens (tertiary/aromatic N) is 1. The number of methoxy groups -OCH3 is 2. The average molecular weight is 315 g/mol. The lowest BCUT2D eigenvalue weighted by molar-refractivity contribution is 0.110. The summed E-state index contributed by atoms with van der Waals surface area (Å²) in [5.41, 5.74) is 1.33. The molecule has 1 aliphatic heterocycles. The Kier molecular flexibility index (Phi) is 4.23. The Morgan fingerprint density at radius 3 is 2.39 bits per heavy atom. The van der Waals surface area contributed by atoms with E-state index < -0.39 is 0 Å². The molecule has 1 aromatic rings. The minimum atomic E-state index is 0.606. The number of rotatable bonds is 4. The van der Waals surface area contributed by atoms with Crippen molar-refractivity contribution in [3.63, 3.8) is 0 Å². The lowest BCUT2D eigenvalue weighted by Gasteiger charge is -2.40. The van der Waals surface area contributed by atoms with Gasteiger partial charge in [-0.3, -0.25) is 0 Å². The van der Waals surface area contributed by atoms with E-state index in [0.717, 1.165) is 29.4 Å². The largest absolute Gasteiger partial charge is 0.497 e. The fraction of sp³-hybridized carbons (Fsp3) is 0.700. The molecule has 3 nitrogen and oxygen atoms in total. The highest BCUT2D eigenvalue weighted by molar-refractivity contribution is 5.42. The molecule has 23 heavy (non-hydrogen) atoms. The number of hydrogen-bond acceptors (Lipinski definition) is 3. The molecular weight excluding hydrogens is 286 g/mol. The van der Waals surface area contributed by atoms with Crippen LogP contribution < -0.4 is 9.47 Å². The fourth-order valence-corrected chi connectivity index (χ4v) is 5.36. The number of benzene rings is 1. The van der Waals surface area contributed by atoms with Gasteiger partial charge in [0.15, 0.2) is 0 Å². The van der Waals surface area contributed by atoms with Crippen LogP contribution in [0, 0.1) is 11.8 Å². The molecule has 126 valence electrons. The number of likely N-dealkylation sites (tertiary alicyclic amines) is 1. The van der Waals surface area contributed by atoms with E-state index in [1.165, 1.54) is 57.2 Å². The van der Waals surface area contributed by atoms with Crippen LogP contribution in [0.2, 0.25) is 0 Å². The molecule has 3 aliphatic rings. The first kappa shape index (κ1) is 15.3. The van der Waals surface area contributed by atoms with Crippen LogP contribution in [0.1, 0.15) is 50.0 Å². The minimum Gasteiger partial charge on any atom is -0.497 e. The lowest BCUT2D eigenvalue weighted by atomic mass is 9.86. The summed E-state index contributed by atoms with van der Waals surface area (Å²) >= 11 is 0. The van der Waals surface area contributed by atoms with Gasteiger partial charge in [-0.15, -0.1) is 0 Å². The fourth-order valence-electron chi connectivity index (χ4n) is 5.36. The summed E-state index contributed by atoms with van der Waals surface area (Å²) in [7, 11) is 3.51. The first-order valence-corrected chi connectivity index (χ1v) is 9.24. The summed E-state index contributed by atoms with van der Waals surface area (Å²) < 4.78 is 11.0. The topological polar surface area (TPSA) is 21.7 Å². The van der Waals surface area contributed by atoms with Gasteiger partial charge in [-0.2, -0.15) is 0 Å². The maximum atomic E-state index is 5.60. The van der Waals surface area contributed by atoms with E-state index in [1.807, 2.05) is 6.07 Å². The number of hydrogen-bond donors (Lipinski definition) is 0. The van der Waals surface area contributed by atoms with Gasteiger partial charge in [0, 0.05) is 11.6 Å². The number of fused-ring (bicyclic) bond motifs is 2. The van der Waals surface area contributed by atoms with Crippen molar-refractivity contribution in [1.82, 2.24) is 4.90 Å². The standard InChI is InChI=1S/C20H29NO2/c1-22-17-5-6-20(23-2)18(13-17)15-7-9-21(10-8-15)19-12-14-3-4-16(19)11-14/h5-6,13-16,19H,3-4,7-12H2,1-2H3/t14-,16-,19?/m0/s1. The molecule has 0 aromatic heterocycles. The van der Waals surface area contributed by atoms with Crippen LogP contribution in [-0.2, 0) is 0 Å². The lowest BCUT2D eigenvalue weighted by Crippen LogP contribution is -2.43. The van der Waals surface area contributed by atoms with Crippen LogP contribution in [0.3, 0.4) is 0 Å². The molecule has 2 aliphatic carbocycles. The second-order valence-corrected chi connectivity index (χ2v) is 7.66. The maximum Gasteiger partial charge on any atom is 0.122 e. The van der Waals surface area contributed by atoms with E-state index in [1.54, 1.807) is 14.2 Å². The molecule has 0 radical (unpaired) electrons. The van der Waals surface area contributed by atoms with E-state index >= 15 is 0 Å². The Morgan fingerprint density at radius 1 is 0.957 bits per heavy atom. The van der Waals surface area contributed by atoms with E-state index in [-0.39, 0.29) is 0 Å². The predicted octanol–water partition coefficient (Wildman–Crippen LogP) is 4.07. The van der Waals surface area contributed by atoms with Crippen molar-refractivity contribution in [1.29, 1.82) is 0 Å². The molecule has 0 spiro atoms. The molecule has 3 fully saturated rings. The Balaban J connectivity index is 1.43. The Bertz CT molecular complexity index is 551. The summed E-state index contributed by atoms with van der Waals surface area (Å²) in [4.78, 5) is 2.80. The highest BCUT2D eigenvalue weighted by atomic mass is 16.5. The number of piperidine rings is 1. The molecule has 0 amide bonds. The molecule has 1 heterocycles. The highest BCUT2D eigenvalue weighted by Crippen LogP contribution is 2.48. The summed E-state index contributed by atoms with van der Waals surface area (Å²) in [6.45, 7) is 2.50. The van der Waals surface area contributed by atoms with Gasteiger partial charge in [-0.05, 0) is 81.1 Å². The summed E-state index contributed by atoms with van der Waals surface area (Å²) in [5, 5.41) is 0. The third kappa shape index (κ3) is 2.84. The quantitative estimate of drug-likeness (QED) is 0.836. The molecular formula is C20H29NO2. The third-order valence-electron chi connectivity index (χ3n) is 6.58. The summed E-state index contributed by atoms with van der Waals surface area (Å²) in [5.74, 6) is 4.61. The van der Waals surface area contributed by atoms with Crippen molar-refractivity contribution in [3.05, 3.63) is 23.8 Å². The van der Waals surface area contributed by atoms with Crippen molar-refractivity contribution in [3.8, 4) is 11.5 Å². The molecule has 1 unspecified atom stereocenters. The van der Waals surface area contributed by atoms with Crippen molar-refractivity contribution in [2.45, 2.75) is 50.5 Å². The van der Waals surface area contributed by atoms with Gasteiger partial charge < -0.3 is 14.4 Å². The first-order chi connectivity index (χ1) is 11.3. The van der Waals surface area contributed by atoms with Crippen LogP contribution in [-0.4, -0.2) is 38.3 Å². The zero-order valence-electron chi connectivity index (χ0n) is 14.5. The van der Waals surface area contributed by atoms with Gasteiger partial charge >= 0.3 is 0 Å². The predicted molar refractivity (Wildman–Crippen MR) is 92.3 cm³/mol. The maximum absolute atomic E-state index is 5.60. The molecule has 3 atom stereocenters. The molecule has 2 saturated carbocycles. The van der Waals surface area contributed by atoms with Crippen molar-refractivity contribution >= 4 is 0 Å². The van der Waals surface area contributed by atoms with E-state index in [0.29, 0.717) is 5.92 Å². The van der Waals surface area contributed by atoms with Crippen molar-refractivity contribution < 1.29 is 9.47 Å². The van der Waals surface area contributed by atoms with Crippen LogP contribution in [0.25, 0.3) is 0 Å². The van der Waals surface area contributed by atoms with E-state index in [4.69, 9.17) is 9.47 Å². The zero-order valence-corrected chi connectivity index (χ0v) is 14.5. The molecule has 2 bridgehead atoms. The second-order valence-electron chi connectivity index (χ2n) is 7.66. The monoisotopic (exact) mass is 315 g/mol. The molecule has 1 aromatic carbocycles. The van der Waals surface area contributed by atoms with Gasteiger partial charge in [0.05, 0.1) is 14.2 Å². The van der Waals surface area contributed by atoms with Gasteiger partial charge in [-0.25, -0.2) is 0 Å². The van der Waals surface area contributed by atoms with E-state index in [9.17, 15) is 0 Å². The van der Waals surface area contributed by atoms with Gasteiger partial charge in [-0.1, -0.05) is 6.42 Å². The Hall–Kier alpha value is -1.22. The SMILES string of the molecule is COc1ccc(OC)c(C2CCN(C3C[C@H]4CC[C@H]3C4)CC2)c1. The smallest absolute Gasteiger partial charge is 0.122 e. The third-order valence-corrected chi connectivity index (χ3v) is 6.58. The highest BCUT2D eigenvalue weighted by Gasteiger charge is 2.43. The van der Waals surface area contributed by atoms with Gasteiger partial charge in [0.2, 0.25) is 0 Å². The zero-order chi connectivity index (χ0) is 15.8. The molecule has 0 N–H and O–H groups in total. The summed E-state index contributed by atoms with van der Waals surface area (Å²) in [6.07, 6.45) is 8.46. The van der Waals surface area contributed by atoms with Crippen LogP contribution >= 0.6 is 0 Å². The van der Waals surface area contributed by atoms with Crippen molar-refractivity contribution in [2.24, 2.45) is 11.8 Å². The number of ether oxygens (including phenoxy) is 2. The van der Waals surface area contributed by atoms with Crippen molar-refractivity contribution in [2.75, 3.05) is 27.3 Å².